The number of carbonyl (C=O) groups is 5. The molecule has 3 fully saturated rings. The lowest BCUT2D eigenvalue weighted by Crippen LogP contribution is -2.65. The number of anilines is 1. The molecule has 2 aromatic heterocycles. The molecule has 16 N–H and O–H groups in total. The Bertz CT molecular complexity index is 2130. The van der Waals surface area contributed by atoms with Gasteiger partial charge in [0.1, 0.15) is 79.7 Å². The molecule has 0 aliphatic carbocycles. The number of nitrogens with one attached hydrogen (secondary N) is 6. The van der Waals surface area contributed by atoms with Crippen molar-refractivity contribution in [2.75, 3.05) is 38.6 Å². The van der Waals surface area contributed by atoms with E-state index in [1.54, 1.807) is 0 Å². The van der Waals surface area contributed by atoms with Crippen LogP contribution in [0.15, 0.2) is 11.1 Å². The Kier molecular flexibility index (Phi) is 20.7. The summed E-state index contributed by atoms with van der Waals surface area (Å²) in [5.74, 6) is -3.76. The minimum atomic E-state index is -1.71. The quantitative estimate of drug-likeness (QED) is 0.0435. The smallest absolute Gasteiger partial charge is 0.280 e. The summed E-state index contributed by atoms with van der Waals surface area (Å²) in [4.78, 5) is 87.4. The Balaban J connectivity index is 1.15. The van der Waals surface area contributed by atoms with Crippen LogP contribution in [0.1, 0.15) is 71.9 Å². The number of hydrogen-bond acceptors (Lipinski definition) is 22. The molecule has 5 amide bonds. The molecule has 70 heavy (non-hydrogen) atoms. The van der Waals surface area contributed by atoms with Crippen LogP contribution in [0.4, 0.5) is 5.95 Å². The maximum absolute atomic E-state index is 13.6. The number of nitrogens with two attached hydrogens (primary N) is 1. The van der Waals surface area contributed by atoms with Gasteiger partial charge in [-0.1, -0.05) is 26.2 Å². The highest BCUT2D eigenvalue weighted by atomic mass is 16.7. The molecule has 3 aliphatic heterocycles. The summed E-state index contributed by atoms with van der Waals surface area (Å²) in [6.45, 7) is 2.25. The molecular formula is C41H66N10O19. The van der Waals surface area contributed by atoms with E-state index in [0.717, 1.165) is 19.2 Å². The second-order valence-corrected chi connectivity index (χ2v) is 17.3. The number of aliphatic hydroxyl groups excluding tert-OH is 8. The van der Waals surface area contributed by atoms with Crippen LogP contribution in [0, 0.1) is 0 Å². The third-order valence-electron chi connectivity index (χ3n) is 12.0. The number of nitrogens with zero attached hydrogens (tertiary/aromatic N) is 3. The number of imidazole rings is 1. The van der Waals surface area contributed by atoms with Gasteiger partial charge in [-0.3, -0.25) is 38.3 Å². The van der Waals surface area contributed by atoms with Gasteiger partial charge in [0.15, 0.2) is 30.0 Å². The number of aromatic nitrogens is 4. The standard InChI is InChI=1S/C41H66N10O19/c1-4-5-6-10-20(69-39-25(47-18(3)53)30(59)29(58)22(14-52)70-39)36(64)45-13-23(54)43-11-8-7-9-19(48-24(55)15-66-40-33(62)31(60)27(56)17(2)67-40)35(63)44-12-21-28(57)32(61)38(68-21)51-16-46-26-34(51)49-41(42)50-37(26)65/h16-17,19-22,25,27-33,38-40,52,56-62H,4-15H2,1-3H3,(H,43,54)(H,44,63)(H,45,64)(H,47,53)(H,48,55)(H3,42,49,50,65)/t17-,19-,20?,21+,22+,25+,27+,28+,29+,30+,31+,32+,33-,38+,39+,40-/m0/s1. The van der Waals surface area contributed by atoms with Gasteiger partial charge in [-0.2, -0.15) is 4.98 Å². The van der Waals surface area contributed by atoms with Crippen LogP contribution >= 0.6 is 0 Å². The van der Waals surface area contributed by atoms with E-state index in [0.29, 0.717) is 6.42 Å². The number of fused-ring (bicyclic) bond motifs is 1. The molecule has 394 valence electrons. The van der Waals surface area contributed by atoms with Gasteiger partial charge >= 0.3 is 0 Å². The van der Waals surface area contributed by atoms with Crippen LogP contribution in [-0.2, 0) is 47.7 Å². The number of aromatic amines is 1. The van der Waals surface area contributed by atoms with Gasteiger partial charge in [0.25, 0.3) is 5.56 Å². The van der Waals surface area contributed by atoms with Crippen molar-refractivity contribution in [2.45, 2.75) is 164 Å². The number of amides is 5. The van der Waals surface area contributed by atoms with Crippen molar-refractivity contribution in [2.24, 2.45) is 0 Å². The van der Waals surface area contributed by atoms with Crippen LogP contribution in [0.25, 0.3) is 11.2 Å². The average molecular weight is 1000 g/mol. The van der Waals surface area contributed by atoms with Crippen molar-refractivity contribution in [3.63, 3.8) is 0 Å². The number of aliphatic hydroxyl groups is 8. The predicted molar refractivity (Wildman–Crippen MR) is 236 cm³/mol. The first-order valence-corrected chi connectivity index (χ1v) is 23.0. The Morgan fingerprint density at radius 1 is 0.829 bits per heavy atom. The Morgan fingerprint density at radius 3 is 2.24 bits per heavy atom. The van der Waals surface area contributed by atoms with Crippen LogP contribution in [0.2, 0.25) is 0 Å². The average Bonchev–Trinajstić information content (AvgIpc) is 3.87. The second kappa shape index (κ2) is 25.9. The summed E-state index contributed by atoms with van der Waals surface area (Å²) in [6, 6.07) is -2.57. The van der Waals surface area contributed by atoms with Crippen molar-refractivity contribution in [1.29, 1.82) is 0 Å². The molecule has 0 saturated carbocycles. The van der Waals surface area contributed by atoms with Crippen molar-refractivity contribution < 1.29 is 88.5 Å². The number of carbonyl (C=O) groups excluding carboxylic acids is 5. The van der Waals surface area contributed by atoms with Gasteiger partial charge in [-0.15, -0.1) is 0 Å². The highest BCUT2D eigenvalue weighted by molar-refractivity contribution is 5.88. The van der Waals surface area contributed by atoms with Gasteiger partial charge in [-0.05, 0) is 32.6 Å². The van der Waals surface area contributed by atoms with Crippen LogP contribution in [0.3, 0.4) is 0 Å². The molecule has 3 saturated heterocycles. The van der Waals surface area contributed by atoms with E-state index in [-0.39, 0.29) is 55.9 Å². The summed E-state index contributed by atoms with van der Waals surface area (Å²) >= 11 is 0. The molecule has 1 unspecified atom stereocenters. The maximum Gasteiger partial charge on any atom is 0.280 e. The van der Waals surface area contributed by atoms with Crippen molar-refractivity contribution in [3.8, 4) is 0 Å². The van der Waals surface area contributed by atoms with Gasteiger partial charge in [-0.25, -0.2) is 4.98 Å². The maximum atomic E-state index is 13.6. The summed E-state index contributed by atoms with van der Waals surface area (Å²) in [7, 11) is 0. The Morgan fingerprint density at radius 2 is 1.54 bits per heavy atom. The molecule has 0 bridgehead atoms. The molecular weight excluding hydrogens is 937 g/mol. The largest absolute Gasteiger partial charge is 0.394 e. The molecule has 0 aromatic carbocycles. The van der Waals surface area contributed by atoms with Gasteiger partial charge in [0, 0.05) is 20.0 Å². The summed E-state index contributed by atoms with van der Waals surface area (Å²) in [5.41, 5.74) is 4.88. The summed E-state index contributed by atoms with van der Waals surface area (Å²) in [5, 5.41) is 95.5. The van der Waals surface area contributed by atoms with Crippen LogP contribution in [-0.4, -0.2) is 215 Å². The van der Waals surface area contributed by atoms with Gasteiger partial charge in [0.2, 0.25) is 35.5 Å². The Hall–Kier alpha value is -5.02. The monoisotopic (exact) mass is 1000 g/mol. The molecule has 29 heteroatoms. The molecule has 5 heterocycles. The molecule has 2 aromatic rings. The van der Waals surface area contributed by atoms with E-state index in [9.17, 15) is 69.6 Å². The summed E-state index contributed by atoms with van der Waals surface area (Å²) in [6.07, 6.45) is -16.3. The lowest BCUT2D eigenvalue weighted by atomic mass is 9.96. The fourth-order valence-electron chi connectivity index (χ4n) is 8.03. The van der Waals surface area contributed by atoms with Crippen LogP contribution in [0.5, 0.6) is 0 Å². The molecule has 3 aliphatic rings. The third kappa shape index (κ3) is 14.3. The molecule has 16 atom stereocenters. The Labute approximate surface area is 399 Å². The molecule has 5 rings (SSSR count). The number of hydrogen-bond donors (Lipinski definition) is 15. The van der Waals surface area contributed by atoms with E-state index < -0.39 is 153 Å². The zero-order chi connectivity index (χ0) is 51.4. The van der Waals surface area contributed by atoms with Crippen molar-refractivity contribution >= 4 is 46.6 Å². The first kappa shape index (κ1) is 55.9. The lowest BCUT2D eigenvalue weighted by Gasteiger charge is -2.43. The second-order valence-electron chi connectivity index (χ2n) is 17.3. The first-order chi connectivity index (χ1) is 33.2. The summed E-state index contributed by atoms with van der Waals surface area (Å²) < 4.78 is 29.3. The number of rotatable bonds is 24. The van der Waals surface area contributed by atoms with E-state index in [2.05, 4.69) is 41.5 Å². The first-order valence-electron chi connectivity index (χ1n) is 23.0. The van der Waals surface area contributed by atoms with Crippen LogP contribution < -0.4 is 37.9 Å². The number of H-pyrrole nitrogens is 1. The molecule has 0 spiro atoms. The van der Waals surface area contributed by atoms with E-state index in [1.807, 2.05) is 6.92 Å². The lowest BCUT2D eigenvalue weighted by molar-refractivity contribution is -0.291. The number of ether oxygens (including phenoxy) is 5. The zero-order valence-corrected chi connectivity index (χ0v) is 38.8. The highest BCUT2D eigenvalue weighted by Crippen LogP contribution is 2.31. The number of nitrogen functional groups attached to an aromatic ring is 1. The number of unbranched alkanes of at least 4 members (excludes halogenated alkanes) is 3. The molecule has 29 nitrogen and oxygen atoms in total. The normalized spacial score (nSPS) is 30.8. The zero-order valence-electron chi connectivity index (χ0n) is 38.8. The third-order valence-corrected chi connectivity index (χ3v) is 12.0. The van der Waals surface area contributed by atoms with Gasteiger partial charge in [0.05, 0.1) is 25.6 Å². The fourth-order valence-corrected chi connectivity index (χ4v) is 8.03. The fraction of sp³-hybridized carbons (Fsp3) is 0.756. The predicted octanol–water partition coefficient (Wildman–Crippen LogP) is -6.92. The van der Waals surface area contributed by atoms with Gasteiger partial charge < -0.3 is 96.9 Å². The van der Waals surface area contributed by atoms with E-state index in [1.165, 1.54) is 18.4 Å². The highest BCUT2D eigenvalue weighted by Gasteiger charge is 2.48. The van der Waals surface area contributed by atoms with Crippen molar-refractivity contribution in [3.05, 3.63) is 16.7 Å². The molecule has 0 radical (unpaired) electrons. The van der Waals surface area contributed by atoms with Crippen molar-refractivity contribution in [1.82, 2.24) is 46.1 Å². The van der Waals surface area contributed by atoms with E-state index in [4.69, 9.17) is 29.4 Å². The van der Waals surface area contributed by atoms with E-state index >= 15 is 0 Å². The SMILES string of the molecule is CCCCCC(O[C@@H]1O[C@H](CO)[C@@H](O)[C@H](O)[C@H]1NC(C)=O)C(=O)NCC(=O)NCCCC[C@H](NC(=O)CO[C@H]1O[C@@H](C)[C@@H](O)[C@@H](O)[C@@H]1O)C(=O)NC[C@H]1O[C@@H](n2cnc3c(=O)[nH]c(N)nc32)[C@H](O)[C@@H]1O. The minimum Gasteiger partial charge on any atom is -0.394 e. The minimum absolute atomic E-state index is 0.0287. The topological polar surface area (TPSA) is 443 Å².